The van der Waals surface area contributed by atoms with E-state index in [1.165, 1.54) is 5.56 Å². The Hall–Kier alpha value is -1.52. The second-order valence-electron chi connectivity index (χ2n) is 4.62. The lowest BCUT2D eigenvalue weighted by Gasteiger charge is -2.15. The lowest BCUT2D eigenvalue weighted by Crippen LogP contribution is -2.18. The van der Waals surface area contributed by atoms with Gasteiger partial charge in [0.2, 0.25) is 0 Å². The molecule has 0 radical (unpaired) electrons. The molecule has 0 amide bonds. The zero-order chi connectivity index (χ0) is 14.5. The topological polar surface area (TPSA) is 41.5 Å². The van der Waals surface area contributed by atoms with Crippen LogP contribution in [0.15, 0.2) is 46.9 Å². The highest BCUT2D eigenvalue weighted by Gasteiger charge is 2.08. The fourth-order valence-corrected chi connectivity index (χ4v) is 2.38. The molecule has 0 aliphatic rings. The highest BCUT2D eigenvalue weighted by Crippen LogP contribution is 2.27. The Morgan fingerprint density at radius 3 is 2.55 bits per heavy atom. The lowest BCUT2D eigenvalue weighted by atomic mass is 10.1. The van der Waals surface area contributed by atoms with Gasteiger partial charge >= 0.3 is 0 Å². The predicted molar refractivity (Wildman–Crippen MR) is 84.1 cm³/mol. The Morgan fingerprint density at radius 2 is 1.90 bits per heavy atom. The van der Waals surface area contributed by atoms with Crippen molar-refractivity contribution in [3.8, 4) is 11.5 Å². The zero-order valence-corrected chi connectivity index (χ0v) is 13.1. The van der Waals surface area contributed by atoms with Gasteiger partial charge in [-0.3, -0.25) is 0 Å². The summed E-state index contributed by atoms with van der Waals surface area (Å²) in [7, 11) is 1.66. The number of aromatic hydroxyl groups is 1. The predicted octanol–water partition coefficient (Wildman–Crippen LogP) is 4.01. The summed E-state index contributed by atoms with van der Waals surface area (Å²) < 4.78 is 5.87. The molecule has 0 bridgehead atoms. The van der Waals surface area contributed by atoms with Crippen molar-refractivity contribution in [1.29, 1.82) is 0 Å². The summed E-state index contributed by atoms with van der Waals surface area (Å²) in [5.74, 6) is 1.15. The number of hydrogen-bond donors (Lipinski definition) is 2. The SMILES string of the molecule is COc1ccc([C@@H](C)NCc2cccc(Br)c2O)cc1. The van der Waals surface area contributed by atoms with Crippen molar-refractivity contribution in [2.24, 2.45) is 0 Å². The molecule has 0 aliphatic carbocycles. The first-order chi connectivity index (χ1) is 9.61. The number of hydrogen-bond acceptors (Lipinski definition) is 3. The maximum atomic E-state index is 9.95. The van der Waals surface area contributed by atoms with Crippen LogP contribution in [0.2, 0.25) is 0 Å². The summed E-state index contributed by atoms with van der Waals surface area (Å²) in [5, 5.41) is 13.3. The Labute approximate surface area is 127 Å². The first-order valence-corrected chi connectivity index (χ1v) is 7.25. The summed E-state index contributed by atoms with van der Waals surface area (Å²) in [6, 6.07) is 13.8. The number of nitrogens with one attached hydrogen (secondary N) is 1. The minimum absolute atomic E-state index is 0.194. The van der Waals surface area contributed by atoms with Gasteiger partial charge in [0.1, 0.15) is 11.5 Å². The van der Waals surface area contributed by atoms with Gasteiger partial charge in [0, 0.05) is 18.2 Å². The van der Waals surface area contributed by atoms with Crippen LogP contribution in [-0.4, -0.2) is 12.2 Å². The molecular formula is C16H18BrNO2. The van der Waals surface area contributed by atoms with E-state index in [4.69, 9.17) is 4.74 Å². The van der Waals surface area contributed by atoms with Gasteiger partial charge in [0.25, 0.3) is 0 Å². The Kier molecular flexibility index (Phi) is 5.04. The van der Waals surface area contributed by atoms with Crippen LogP contribution in [0.4, 0.5) is 0 Å². The van der Waals surface area contributed by atoms with Crippen molar-refractivity contribution in [3.05, 3.63) is 58.1 Å². The van der Waals surface area contributed by atoms with Crippen molar-refractivity contribution in [2.45, 2.75) is 19.5 Å². The maximum Gasteiger partial charge on any atom is 0.134 e. The van der Waals surface area contributed by atoms with Gasteiger partial charge in [-0.2, -0.15) is 0 Å². The number of para-hydroxylation sites is 1. The standard InChI is InChI=1S/C16H18BrNO2/c1-11(12-6-8-14(20-2)9-7-12)18-10-13-4-3-5-15(17)16(13)19/h3-9,11,18-19H,10H2,1-2H3/t11-/m1/s1. The number of ether oxygens (including phenoxy) is 1. The normalized spacial score (nSPS) is 12.2. The molecule has 20 heavy (non-hydrogen) atoms. The van der Waals surface area contributed by atoms with Crippen LogP contribution in [0.25, 0.3) is 0 Å². The van der Waals surface area contributed by atoms with Gasteiger partial charge in [0.15, 0.2) is 0 Å². The molecule has 0 spiro atoms. The Bertz CT molecular complexity index is 569. The molecule has 0 unspecified atom stereocenters. The van der Waals surface area contributed by atoms with Crippen molar-refractivity contribution >= 4 is 15.9 Å². The molecule has 0 aliphatic heterocycles. The molecule has 0 saturated heterocycles. The van der Waals surface area contributed by atoms with Crippen LogP contribution < -0.4 is 10.1 Å². The average molecular weight is 336 g/mol. The van der Waals surface area contributed by atoms with E-state index in [1.54, 1.807) is 7.11 Å². The molecule has 2 aromatic rings. The van der Waals surface area contributed by atoms with Gasteiger partial charge < -0.3 is 15.2 Å². The van der Waals surface area contributed by atoms with Crippen LogP contribution in [0.5, 0.6) is 11.5 Å². The molecule has 106 valence electrons. The molecule has 0 fully saturated rings. The van der Waals surface area contributed by atoms with Crippen LogP contribution >= 0.6 is 15.9 Å². The zero-order valence-electron chi connectivity index (χ0n) is 11.6. The number of benzene rings is 2. The first kappa shape index (κ1) is 14.9. The van der Waals surface area contributed by atoms with Crippen LogP contribution in [0, 0.1) is 0 Å². The van der Waals surface area contributed by atoms with E-state index >= 15 is 0 Å². The minimum Gasteiger partial charge on any atom is -0.506 e. The summed E-state index contributed by atoms with van der Waals surface area (Å²) in [5.41, 5.74) is 2.06. The Balaban J connectivity index is 2.00. The van der Waals surface area contributed by atoms with Gasteiger partial charge in [0.05, 0.1) is 11.6 Å². The van der Waals surface area contributed by atoms with E-state index in [0.717, 1.165) is 11.3 Å². The quantitative estimate of drug-likeness (QED) is 0.867. The van der Waals surface area contributed by atoms with E-state index in [9.17, 15) is 5.11 Å². The molecule has 4 heteroatoms. The van der Waals surface area contributed by atoms with E-state index in [-0.39, 0.29) is 6.04 Å². The fourth-order valence-electron chi connectivity index (χ4n) is 1.98. The van der Waals surface area contributed by atoms with Gasteiger partial charge in [-0.25, -0.2) is 0 Å². The highest BCUT2D eigenvalue weighted by atomic mass is 79.9. The third-order valence-electron chi connectivity index (χ3n) is 3.28. The molecule has 0 saturated carbocycles. The smallest absolute Gasteiger partial charge is 0.134 e. The maximum absolute atomic E-state index is 9.95. The van der Waals surface area contributed by atoms with Crippen LogP contribution in [-0.2, 0) is 6.54 Å². The molecule has 2 rings (SSSR count). The summed E-state index contributed by atoms with van der Waals surface area (Å²) in [4.78, 5) is 0. The number of phenolic OH excluding ortho intramolecular Hbond substituents is 1. The number of methoxy groups -OCH3 is 1. The molecule has 0 aromatic heterocycles. The second kappa shape index (κ2) is 6.77. The van der Waals surface area contributed by atoms with Gasteiger partial charge in [-0.1, -0.05) is 24.3 Å². The van der Waals surface area contributed by atoms with E-state index in [0.29, 0.717) is 16.8 Å². The van der Waals surface area contributed by atoms with Gasteiger partial charge in [-0.15, -0.1) is 0 Å². The number of rotatable bonds is 5. The molecule has 0 heterocycles. The number of phenols is 1. The van der Waals surface area contributed by atoms with Crippen LogP contribution in [0.1, 0.15) is 24.1 Å². The third-order valence-corrected chi connectivity index (χ3v) is 3.92. The van der Waals surface area contributed by atoms with Crippen molar-refractivity contribution in [1.82, 2.24) is 5.32 Å². The third kappa shape index (κ3) is 3.52. The van der Waals surface area contributed by atoms with E-state index in [1.807, 2.05) is 42.5 Å². The largest absolute Gasteiger partial charge is 0.506 e. The lowest BCUT2D eigenvalue weighted by molar-refractivity contribution is 0.414. The monoisotopic (exact) mass is 335 g/mol. The summed E-state index contributed by atoms with van der Waals surface area (Å²) in [6.45, 7) is 2.70. The fraction of sp³-hybridized carbons (Fsp3) is 0.250. The van der Waals surface area contributed by atoms with Crippen molar-refractivity contribution in [2.75, 3.05) is 7.11 Å². The van der Waals surface area contributed by atoms with Crippen molar-refractivity contribution in [3.63, 3.8) is 0 Å². The van der Waals surface area contributed by atoms with Crippen molar-refractivity contribution < 1.29 is 9.84 Å². The van der Waals surface area contributed by atoms with E-state index in [2.05, 4.69) is 28.2 Å². The second-order valence-corrected chi connectivity index (χ2v) is 5.48. The Morgan fingerprint density at radius 1 is 1.20 bits per heavy atom. The van der Waals surface area contributed by atoms with Gasteiger partial charge in [-0.05, 0) is 46.6 Å². The number of halogens is 1. The molecular weight excluding hydrogens is 318 g/mol. The van der Waals surface area contributed by atoms with E-state index < -0.39 is 0 Å². The molecule has 2 aromatic carbocycles. The molecule has 1 atom stereocenters. The average Bonchev–Trinajstić information content (AvgIpc) is 2.48. The molecule has 3 nitrogen and oxygen atoms in total. The highest BCUT2D eigenvalue weighted by molar-refractivity contribution is 9.10. The summed E-state index contributed by atoms with van der Waals surface area (Å²) >= 11 is 3.32. The minimum atomic E-state index is 0.194. The molecule has 2 N–H and O–H groups in total. The summed E-state index contributed by atoms with van der Waals surface area (Å²) in [6.07, 6.45) is 0. The first-order valence-electron chi connectivity index (χ1n) is 6.45. The van der Waals surface area contributed by atoms with Crippen LogP contribution in [0.3, 0.4) is 0 Å².